The molecule has 29 nitrogen and oxygen atoms in total. The van der Waals surface area contributed by atoms with Crippen molar-refractivity contribution in [2.75, 3.05) is 67.6 Å². The van der Waals surface area contributed by atoms with Crippen molar-refractivity contribution in [1.82, 2.24) is 92.0 Å². The maximum atomic E-state index is 14.4. The Balaban J connectivity index is 0.000000136. The van der Waals surface area contributed by atoms with Gasteiger partial charge in [-0.25, -0.2) is 28.7 Å². The van der Waals surface area contributed by atoms with Crippen molar-refractivity contribution < 1.29 is 62.1 Å². The number of likely N-dealkylation sites (tertiary alicyclic amines) is 4. The molecule has 3 saturated carbocycles. The summed E-state index contributed by atoms with van der Waals surface area (Å²) in [6, 6.07) is 33.3. The molecule has 5 saturated heterocycles. The number of benzene rings is 6. The summed E-state index contributed by atoms with van der Waals surface area (Å²) in [6.45, 7) is 14.7. The molecule has 8 amide bonds. The summed E-state index contributed by atoms with van der Waals surface area (Å²) >= 11 is 6.23. The number of ether oxygens (including phenoxy) is 1. The van der Waals surface area contributed by atoms with Gasteiger partial charge in [0.1, 0.15) is 55.8 Å². The highest BCUT2D eigenvalue weighted by atomic mass is 32.1. The van der Waals surface area contributed by atoms with Crippen LogP contribution >= 0.6 is 45.3 Å². The van der Waals surface area contributed by atoms with Crippen molar-refractivity contribution in [2.45, 2.75) is 273 Å². The first-order valence-corrected chi connectivity index (χ1v) is 57.0. The van der Waals surface area contributed by atoms with Crippen LogP contribution in [0, 0.1) is 35.3 Å². The van der Waals surface area contributed by atoms with E-state index in [9.17, 15) is 57.4 Å². The zero-order valence-electron chi connectivity index (χ0n) is 87.3. The van der Waals surface area contributed by atoms with Crippen LogP contribution in [0.25, 0.3) is 88.1 Å². The summed E-state index contributed by atoms with van der Waals surface area (Å²) < 4.78 is 34.3. The number of aliphatic hydroxyl groups is 2. The van der Waals surface area contributed by atoms with Crippen molar-refractivity contribution in [3.63, 3.8) is 0 Å². The second-order valence-corrected chi connectivity index (χ2v) is 45.7. The zero-order chi connectivity index (χ0) is 106. The predicted molar refractivity (Wildman–Crippen MR) is 588 cm³/mol. The van der Waals surface area contributed by atoms with Crippen LogP contribution in [0.1, 0.15) is 233 Å². The smallest absolute Gasteiger partial charge is 0.246 e. The van der Waals surface area contributed by atoms with Gasteiger partial charge < -0.3 is 77.1 Å². The van der Waals surface area contributed by atoms with Gasteiger partial charge in [-0.1, -0.05) is 116 Å². The quantitative estimate of drug-likeness (QED) is 0.0218. The second-order valence-electron chi connectivity index (χ2n) is 42.1. The minimum absolute atomic E-state index is 0.00960. The van der Waals surface area contributed by atoms with Gasteiger partial charge in [0.15, 0.2) is 0 Å². The Kier molecular flexibility index (Phi) is 36.5. The number of pyridine rings is 2. The lowest BCUT2D eigenvalue weighted by molar-refractivity contribution is -0.140. The van der Waals surface area contributed by atoms with Crippen LogP contribution in [0.4, 0.5) is 8.78 Å². The molecule has 796 valence electrons. The van der Waals surface area contributed by atoms with Gasteiger partial charge in [0, 0.05) is 129 Å². The summed E-state index contributed by atoms with van der Waals surface area (Å²) in [5, 5.41) is 63.9. The number of fused-ring (bicyclic) bond motifs is 4. The van der Waals surface area contributed by atoms with Crippen LogP contribution < -0.4 is 42.5 Å². The fourth-order valence-corrected chi connectivity index (χ4v) is 26.5. The van der Waals surface area contributed by atoms with Gasteiger partial charge in [-0.3, -0.25) is 48.3 Å². The van der Waals surface area contributed by atoms with Crippen molar-refractivity contribution in [3.8, 4) is 45.0 Å². The second kappa shape index (κ2) is 50.0. The number of hydrogen-bond acceptors (Lipinski definition) is 25. The van der Waals surface area contributed by atoms with E-state index in [0.717, 1.165) is 187 Å². The van der Waals surface area contributed by atoms with E-state index in [-0.39, 0.29) is 119 Å². The Morgan fingerprint density at radius 1 is 0.340 bits per heavy atom. The molecule has 6 aromatic heterocycles. The standard InChI is InChI=1S/2C30H37FN4O3S.C28H35N5O2S.C27H33N5O3S/c2*1-18(32-3)27(36)34-26(19-12-14-30(2,38)15-13-19)29(37)35-16-6-9-25(35)28-33-24(17-39-28)22-10-11-23(31)21-8-5-4-7-20(21)22;1-18(29-2)26(34)32-25(19-9-4-3-5-10-19)28(35)33-14-8-13-24(33)27-31-23(17-36-27)22-16-30-15-20-11-6-7-12-21(20)22;1-17(28-2)25(33)31-24(18-9-12-35-13-10-18)27(34)32-11-5-8-23(32)26-30-22(16-36-26)21-15-29-14-19-6-3-4-7-20(19)21/h2*4-5,7-8,10-11,17-19,25-26,32,38H,6,9,12-16H2,1-3H3,(H,34,36);6-7,11-12,15-19,24-25,29H,3-5,8-10,13-14H2,1-2H3,(H,32,34);3-4,6-7,14-18,23-24,28H,5,8-13H2,1-2H3,(H,31,33)/t2*18-,19?,25-,26-,30?;18-,24-,25-;17-,23-,24-/m0000/s1. The number of halogens is 2. The molecule has 35 heteroatoms. The van der Waals surface area contributed by atoms with Crippen molar-refractivity contribution in [1.29, 1.82) is 0 Å². The van der Waals surface area contributed by atoms with Crippen molar-refractivity contribution in [2.24, 2.45) is 23.7 Å². The predicted octanol–water partition coefficient (Wildman–Crippen LogP) is 17.8. The van der Waals surface area contributed by atoms with Crippen LogP contribution in [0.5, 0.6) is 0 Å². The van der Waals surface area contributed by atoms with Crippen LogP contribution in [0.3, 0.4) is 0 Å². The minimum Gasteiger partial charge on any atom is -0.390 e. The lowest BCUT2D eigenvalue weighted by Gasteiger charge is -2.39. The Hall–Kier alpha value is -11.5. The number of likely N-dealkylation sites (N-methyl/N-ethyl adjacent to an activating group) is 4. The van der Waals surface area contributed by atoms with E-state index in [1.54, 1.807) is 95.9 Å². The summed E-state index contributed by atoms with van der Waals surface area (Å²) in [6.07, 6.45) is 26.5. The zero-order valence-corrected chi connectivity index (χ0v) is 90.6. The molecule has 8 aliphatic rings. The van der Waals surface area contributed by atoms with E-state index in [1.165, 1.54) is 41.2 Å². The summed E-state index contributed by atoms with van der Waals surface area (Å²) in [7, 11) is 6.96. The number of nitrogens with one attached hydrogen (secondary N) is 8. The van der Waals surface area contributed by atoms with Crippen LogP contribution in [-0.2, 0) is 43.1 Å². The third kappa shape index (κ3) is 25.3. The van der Waals surface area contributed by atoms with Gasteiger partial charge in [0.25, 0.3) is 0 Å². The Morgan fingerprint density at radius 3 is 0.920 bits per heavy atom. The third-order valence-corrected chi connectivity index (χ3v) is 35.9. The molecule has 0 unspecified atom stereocenters. The lowest BCUT2D eigenvalue weighted by atomic mass is 9.76. The van der Waals surface area contributed by atoms with E-state index in [0.29, 0.717) is 102 Å². The highest BCUT2D eigenvalue weighted by Crippen LogP contribution is 2.47. The first-order chi connectivity index (χ1) is 72.5. The molecule has 12 aromatic rings. The molecule has 20 rings (SSSR count). The fourth-order valence-electron chi connectivity index (χ4n) is 22.6. The number of amides is 8. The number of carbonyl (C=O) groups is 8. The van der Waals surface area contributed by atoms with Crippen LogP contribution in [0.15, 0.2) is 168 Å². The van der Waals surface area contributed by atoms with Crippen LogP contribution in [0.2, 0.25) is 0 Å². The first kappa shape index (κ1) is 110. The topological polar surface area (TPSA) is 373 Å². The van der Waals surface area contributed by atoms with Gasteiger partial charge in [-0.15, -0.1) is 45.3 Å². The number of carbonyl (C=O) groups excluding carboxylic acids is 8. The van der Waals surface area contributed by atoms with E-state index < -0.39 is 47.5 Å². The summed E-state index contributed by atoms with van der Waals surface area (Å²) in [4.78, 5) is 144. The summed E-state index contributed by atoms with van der Waals surface area (Å²) in [5.41, 5.74) is 5.61. The molecular formula is C115H142F2N18O11S4. The largest absolute Gasteiger partial charge is 0.390 e. The molecule has 8 fully saturated rings. The number of hydrogen-bond donors (Lipinski definition) is 10. The number of aromatic nitrogens is 6. The maximum Gasteiger partial charge on any atom is 0.246 e. The molecule has 0 spiro atoms. The normalized spacial score (nSPS) is 22.8. The molecule has 0 bridgehead atoms. The Morgan fingerprint density at radius 2 is 0.613 bits per heavy atom. The van der Waals surface area contributed by atoms with E-state index in [1.807, 2.05) is 137 Å². The van der Waals surface area contributed by atoms with E-state index in [4.69, 9.17) is 24.7 Å². The Bertz CT molecular complexity index is 6320. The van der Waals surface area contributed by atoms with Gasteiger partial charge in [-0.2, -0.15) is 0 Å². The maximum absolute atomic E-state index is 14.4. The lowest BCUT2D eigenvalue weighted by Crippen LogP contribution is -2.56. The monoisotopic (exact) mass is 2120 g/mol. The van der Waals surface area contributed by atoms with Gasteiger partial charge >= 0.3 is 0 Å². The minimum atomic E-state index is -0.732. The fraction of sp³-hybridized carbons (Fsp3) is 0.496. The molecule has 10 N–H and O–H groups in total. The molecule has 11 heterocycles. The first-order valence-electron chi connectivity index (χ1n) is 53.5. The van der Waals surface area contributed by atoms with Crippen LogP contribution in [-0.4, -0.2) is 234 Å². The number of rotatable bonds is 28. The molecule has 3 aliphatic carbocycles. The van der Waals surface area contributed by atoms with Gasteiger partial charge in [0.2, 0.25) is 47.3 Å². The van der Waals surface area contributed by atoms with Crippen molar-refractivity contribution in [3.05, 3.63) is 199 Å². The van der Waals surface area contributed by atoms with E-state index >= 15 is 0 Å². The SMILES string of the molecule is CN[C@@H](C)C(=O)N[C@H](C(=O)N1CCC[C@H]1c1nc(-c2ccc(F)c3ccccc23)cs1)C1CCC(C)(O)CC1.CN[C@@H](C)C(=O)N[C@H](C(=O)N1CCC[C@H]1c1nc(-c2ccc(F)c3ccccc23)cs1)C1CCC(C)(O)CC1.CN[C@@H](C)C(=O)N[C@H](C(=O)N1CCC[C@H]1c1nc(-c2cncc3ccccc23)cs1)C1CCCCC1.CN[C@@H](C)C(=O)N[C@H](C(=O)N1CCC[C@H]1c1nc(-c2cncc3ccccc23)cs1)C1CCOCC1. The van der Waals surface area contributed by atoms with Gasteiger partial charge in [-0.05, 0) is 268 Å². The average molecular weight is 2120 g/mol. The average Bonchev–Trinajstić information content (AvgIpc) is 1.48. The highest BCUT2D eigenvalue weighted by molar-refractivity contribution is 7.11. The Labute approximate surface area is 892 Å². The van der Waals surface area contributed by atoms with E-state index in [2.05, 4.69) is 87.5 Å². The molecule has 5 aliphatic heterocycles. The van der Waals surface area contributed by atoms with Crippen molar-refractivity contribution >= 4 is 136 Å². The molecule has 150 heavy (non-hydrogen) atoms. The molecular weight excluding hydrogens is 1980 g/mol. The number of thiazole rings is 4. The number of nitrogens with zero attached hydrogens (tertiary/aromatic N) is 10. The third-order valence-electron chi connectivity index (χ3n) is 32.1. The highest BCUT2D eigenvalue weighted by Gasteiger charge is 2.48. The summed E-state index contributed by atoms with van der Waals surface area (Å²) in [5.74, 6) is -1.15. The molecule has 6 aromatic carbocycles. The molecule has 12 atom stereocenters. The molecule has 0 radical (unpaired) electrons. The van der Waals surface area contributed by atoms with Gasteiger partial charge in [0.05, 0.1) is 82.3 Å².